The van der Waals surface area contributed by atoms with Gasteiger partial charge in [-0.3, -0.25) is 0 Å². The summed E-state index contributed by atoms with van der Waals surface area (Å²) >= 11 is 0. The minimum atomic E-state index is -4.84. The Morgan fingerprint density at radius 3 is 1.17 bits per heavy atom. The van der Waals surface area contributed by atoms with Crippen molar-refractivity contribution in [2.45, 2.75) is 12.7 Å². The van der Waals surface area contributed by atoms with E-state index in [0.29, 0.717) is 0 Å². The second-order valence-electron chi connectivity index (χ2n) is 4.38. The van der Waals surface area contributed by atoms with Crippen LogP contribution in [0.3, 0.4) is 0 Å². The topological polar surface area (TPSA) is 35.5 Å². The molecule has 2 rings (SSSR count). The summed E-state index contributed by atoms with van der Waals surface area (Å²) in [5.41, 5.74) is 0. The lowest BCUT2D eigenvalue weighted by molar-refractivity contribution is -0.275. The van der Waals surface area contributed by atoms with Gasteiger partial charge in [0.1, 0.15) is 11.5 Å². The summed E-state index contributed by atoms with van der Waals surface area (Å²) in [4.78, 5) is 0. The van der Waals surface area contributed by atoms with E-state index in [9.17, 15) is 30.9 Å². The average Bonchev–Trinajstić information content (AvgIpc) is 2.45. The quantitative estimate of drug-likeness (QED) is 0.597. The molecule has 3 nitrogen and oxygen atoms in total. The minimum Gasteiger partial charge on any atom is -0.406 e. The lowest BCUT2D eigenvalue weighted by Crippen LogP contribution is -2.18. The van der Waals surface area contributed by atoms with Crippen LogP contribution in [0.25, 0.3) is 0 Å². The molecule has 0 aliphatic heterocycles. The normalized spacial score (nSPS) is 11.9. The Balaban J connectivity index is 2.11. The number of hydrogen-bond donors (Lipinski definition) is 0. The van der Waals surface area contributed by atoms with E-state index >= 15 is 0 Å². The number of ether oxygens (including phenoxy) is 2. The Labute approximate surface area is 132 Å². The lowest BCUT2D eigenvalue weighted by Gasteiger charge is -2.08. The molecule has 0 atom stereocenters. The Bertz CT molecular complexity index is 646. The van der Waals surface area contributed by atoms with Crippen LogP contribution in [0.2, 0.25) is 0 Å². The Kier molecular flexibility index (Phi) is 5.03. The molecule has 10 heteroatoms. The standard InChI is InChI=1S/C14H8F6O3P/c15-13(16,17)22-9-1-5-11(6-2-9)24(21)12-7-3-10(4-8-12)23-14(18,19)20/h1-8H/q+1. The summed E-state index contributed by atoms with van der Waals surface area (Å²) in [6.07, 6.45) is -9.67. The van der Waals surface area contributed by atoms with Crippen LogP contribution in [0.5, 0.6) is 11.5 Å². The number of rotatable bonds is 4. The third-order valence-corrected chi connectivity index (χ3v) is 4.14. The van der Waals surface area contributed by atoms with E-state index in [2.05, 4.69) is 9.47 Å². The van der Waals surface area contributed by atoms with Gasteiger partial charge >= 0.3 is 20.5 Å². The third-order valence-electron chi connectivity index (χ3n) is 2.61. The van der Waals surface area contributed by atoms with Crippen molar-refractivity contribution in [1.82, 2.24) is 0 Å². The van der Waals surface area contributed by atoms with Crippen molar-refractivity contribution in [2.24, 2.45) is 0 Å². The van der Waals surface area contributed by atoms with Crippen molar-refractivity contribution in [3.05, 3.63) is 48.5 Å². The molecule has 0 heterocycles. The van der Waals surface area contributed by atoms with Crippen molar-refractivity contribution in [3.8, 4) is 11.5 Å². The van der Waals surface area contributed by atoms with Gasteiger partial charge in [-0.15, -0.1) is 26.3 Å². The van der Waals surface area contributed by atoms with Crippen molar-refractivity contribution < 1.29 is 40.4 Å². The fourth-order valence-electron chi connectivity index (χ4n) is 1.72. The summed E-state index contributed by atoms with van der Waals surface area (Å²) in [5.74, 6) is -0.938. The molecule has 0 aromatic heterocycles. The number of hydrogen-bond acceptors (Lipinski definition) is 3. The molecule has 0 bridgehead atoms. The van der Waals surface area contributed by atoms with Gasteiger partial charge in [-0.25, -0.2) is 0 Å². The minimum absolute atomic E-state index is 0.198. The molecule has 0 fully saturated rings. The first-order valence-electron chi connectivity index (χ1n) is 6.22. The van der Waals surface area contributed by atoms with Crippen molar-refractivity contribution in [3.63, 3.8) is 0 Å². The second kappa shape index (κ2) is 6.68. The summed E-state index contributed by atoms with van der Waals surface area (Å²) in [5, 5.41) is 0.396. The number of alkyl halides is 6. The van der Waals surface area contributed by atoms with E-state index in [-0.39, 0.29) is 10.6 Å². The van der Waals surface area contributed by atoms with Crippen LogP contribution in [0.1, 0.15) is 0 Å². The lowest BCUT2D eigenvalue weighted by atomic mass is 10.3. The largest absolute Gasteiger partial charge is 0.573 e. The first kappa shape index (κ1) is 18.1. The van der Waals surface area contributed by atoms with Gasteiger partial charge in [-0.05, 0) is 48.5 Å². The first-order chi connectivity index (χ1) is 11.0. The van der Waals surface area contributed by atoms with E-state index in [0.717, 1.165) is 24.3 Å². The second-order valence-corrected chi connectivity index (χ2v) is 6.00. The molecule has 0 radical (unpaired) electrons. The van der Waals surface area contributed by atoms with Crippen LogP contribution in [0.4, 0.5) is 26.3 Å². The maximum atomic E-state index is 12.3. The van der Waals surface area contributed by atoms with Crippen molar-refractivity contribution in [1.29, 1.82) is 0 Å². The highest BCUT2D eigenvalue weighted by Gasteiger charge is 2.33. The zero-order chi connectivity index (χ0) is 18.0. The molecule has 0 spiro atoms. The highest BCUT2D eigenvalue weighted by molar-refractivity contribution is 7.61. The smallest absolute Gasteiger partial charge is 0.406 e. The summed E-state index contributed by atoms with van der Waals surface area (Å²) in [6.45, 7) is 0. The van der Waals surface area contributed by atoms with E-state index in [1.165, 1.54) is 24.3 Å². The van der Waals surface area contributed by atoms with E-state index in [1.54, 1.807) is 0 Å². The molecule has 128 valence electrons. The highest BCUT2D eigenvalue weighted by atomic mass is 31.1. The molecule has 2 aromatic rings. The zero-order valence-electron chi connectivity index (χ0n) is 11.6. The molecule has 24 heavy (non-hydrogen) atoms. The molecular formula is C14H8F6O3P+. The molecule has 0 aliphatic rings. The fourth-order valence-corrected chi connectivity index (χ4v) is 2.85. The third kappa shape index (κ3) is 5.42. The van der Waals surface area contributed by atoms with Gasteiger partial charge in [0.2, 0.25) is 0 Å². The zero-order valence-corrected chi connectivity index (χ0v) is 12.5. The molecule has 0 saturated carbocycles. The SMILES string of the molecule is O=[P+](c1ccc(OC(F)(F)F)cc1)c1ccc(OC(F)(F)F)cc1. The highest BCUT2D eigenvalue weighted by Crippen LogP contribution is 2.27. The Morgan fingerprint density at radius 1 is 0.625 bits per heavy atom. The Morgan fingerprint density at radius 2 is 0.917 bits per heavy atom. The summed E-state index contributed by atoms with van der Waals surface area (Å²) in [6, 6.07) is 8.71. The average molecular weight is 369 g/mol. The summed E-state index contributed by atoms with van der Waals surface area (Å²) < 4.78 is 91.9. The van der Waals surface area contributed by atoms with E-state index in [4.69, 9.17) is 0 Å². The maximum absolute atomic E-state index is 12.3. The molecule has 0 N–H and O–H groups in total. The van der Waals surface area contributed by atoms with Gasteiger partial charge < -0.3 is 9.47 Å². The van der Waals surface area contributed by atoms with Gasteiger partial charge in [0.05, 0.1) is 0 Å². The van der Waals surface area contributed by atoms with Gasteiger partial charge in [0, 0.05) is 0 Å². The van der Waals surface area contributed by atoms with Crippen molar-refractivity contribution in [2.75, 3.05) is 0 Å². The van der Waals surface area contributed by atoms with Crippen molar-refractivity contribution >= 4 is 18.4 Å². The van der Waals surface area contributed by atoms with Gasteiger partial charge in [0.25, 0.3) is 0 Å². The first-order valence-corrected chi connectivity index (χ1v) is 7.48. The molecular weight excluding hydrogens is 361 g/mol. The number of benzene rings is 2. The predicted octanol–water partition coefficient (Wildman–Crippen LogP) is 4.26. The van der Waals surface area contributed by atoms with E-state index in [1.807, 2.05) is 0 Å². The monoisotopic (exact) mass is 369 g/mol. The molecule has 0 saturated heterocycles. The van der Waals surface area contributed by atoms with Crippen LogP contribution in [0.15, 0.2) is 48.5 Å². The molecule has 0 unspecified atom stereocenters. The van der Waals surface area contributed by atoms with Crippen LogP contribution in [0, 0.1) is 0 Å². The maximum Gasteiger partial charge on any atom is 0.573 e. The van der Waals surface area contributed by atoms with Crippen LogP contribution in [-0.4, -0.2) is 12.7 Å². The molecule has 2 aromatic carbocycles. The molecule has 0 amide bonds. The number of halogens is 6. The Hall–Kier alpha value is -2.28. The fraction of sp³-hybridized carbons (Fsp3) is 0.143. The van der Waals surface area contributed by atoms with E-state index < -0.39 is 32.0 Å². The molecule has 0 aliphatic carbocycles. The van der Waals surface area contributed by atoms with Gasteiger partial charge in [-0.2, -0.15) is 0 Å². The predicted molar refractivity (Wildman–Crippen MR) is 73.1 cm³/mol. The van der Waals surface area contributed by atoms with Crippen LogP contribution < -0.4 is 20.1 Å². The van der Waals surface area contributed by atoms with Gasteiger partial charge in [-0.1, -0.05) is 4.57 Å². The van der Waals surface area contributed by atoms with Crippen LogP contribution in [-0.2, 0) is 4.57 Å². The van der Waals surface area contributed by atoms with Crippen LogP contribution >= 0.6 is 7.80 Å². The van der Waals surface area contributed by atoms with Gasteiger partial charge in [0.15, 0.2) is 10.6 Å². The summed E-state index contributed by atoms with van der Waals surface area (Å²) in [7, 11) is -2.19.